The number of aromatic nitrogens is 3. The van der Waals surface area contributed by atoms with Crippen molar-refractivity contribution in [1.29, 1.82) is 0 Å². The van der Waals surface area contributed by atoms with E-state index in [9.17, 15) is 4.79 Å². The summed E-state index contributed by atoms with van der Waals surface area (Å²) in [6.07, 6.45) is 0. The lowest BCUT2D eigenvalue weighted by Gasteiger charge is -2.10. The second kappa shape index (κ2) is 8.28. The number of hydrogen-bond acceptors (Lipinski definition) is 8. The molecule has 28 heavy (non-hydrogen) atoms. The van der Waals surface area contributed by atoms with Crippen LogP contribution >= 0.6 is 23.2 Å². The van der Waals surface area contributed by atoms with Gasteiger partial charge in [0.25, 0.3) is 0 Å². The first-order valence-electron chi connectivity index (χ1n) is 8.08. The average molecular weight is 419 g/mol. The van der Waals surface area contributed by atoms with Crippen LogP contribution in [-0.2, 0) is 11.3 Å². The number of nitrogens with one attached hydrogen (secondary N) is 1. The number of nitrogen functional groups attached to an aromatic ring is 2. The van der Waals surface area contributed by atoms with E-state index in [0.717, 1.165) is 11.3 Å². The lowest BCUT2D eigenvalue weighted by molar-refractivity contribution is 0.0463. The Hall–Kier alpha value is -3.10. The van der Waals surface area contributed by atoms with E-state index in [0.29, 0.717) is 0 Å². The van der Waals surface area contributed by atoms with Crippen LogP contribution in [0.25, 0.3) is 0 Å². The van der Waals surface area contributed by atoms with Crippen LogP contribution in [0.15, 0.2) is 36.4 Å². The standard InChI is InChI=1S/C18H16Cl2N6O2/c1-9-4-2-3-5-13(9)23-18-25-14(24-17(22)26-18)8-28-16(27)11-6-10(19)7-12(20)15(11)21/h2-7H,8,21H2,1H3,(H3,22,23,24,25,26). The normalized spacial score (nSPS) is 10.5. The zero-order valence-corrected chi connectivity index (χ0v) is 16.3. The van der Waals surface area contributed by atoms with E-state index >= 15 is 0 Å². The van der Waals surface area contributed by atoms with Gasteiger partial charge in [0.15, 0.2) is 12.4 Å². The van der Waals surface area contributed by atoms with E-state index in [1.165, 1.54) is 12.1 Å². The van der Waals surface area contributed by atoms with Crippen LogP contribution in [0.2, 0.25) is 10.0 Å². The van der Waals surface area contributed by atoms with Gasteiger partial charge in [-0.25, -0.2) is 4.79 Å². The third-order valence-electron chi connectivity index (χ3n) is 3.74. The van der Waals surface area contributed by atoms with Crippen molar-refractivity contribution >= 4 is 52.4 Å². The zero-order chi connectivity index (χ0) is 20.3. The van der Waals surface area contributed by atoms with Crippen LogP contribution in [0.4, 0.5) is 23.3 Å². The Balaban J connectivity index is 1.75. The fourth-order valence-electron chi connectivity index (χ4n) is 2.35. The molecule has 1 aromatic heterocycles. The molecule has 10 heteroatoms. The maximum atomic E-state index is 12.3. The molecule has 5 N–H and O–H groups in total. The summed E-state index contributed by atoms with van der Waals surface area (Å²) in [6, 6.07) is 10.4. The van der Waals surface area contributed by atoms with Crippen LogP contribution in [-0.4, -0.2) is 20.9 Å². The Morgan fingerprint density at radius 3 is 2.64 bits per heavy atom. The molecular formula is C18H16Cl2N6O2. The smallest absolute Gasteiger partial charge is 0.340 e. The first-order valence-corrected chi connectivity index (χ1v) is 8.84. The van der Waals surface area contributed by atoms with Gasteiger partial charge in [-0.05, 0) is 30.7 Å². The molecule has 0 radical (unpaired) electrons. The lowest BCUT2D eigenvalue weighted by atomic mass is 10.2. The Morgan fingerprint density at radius 1 is 1.14 bits per heavy atom. The Labute approximate surface area is 170 Å². The summed E-state index contributed by atoms with van der Waals surface area (Å²) in [5, 5.41) is 3.48. The molecule has 8 nitrogen and oxygen atoms in total. The molecule has 0 fully saturated rings. The van der Waals surface area contributed by atoms with Gasteiger partial charge in [0, 0.05) is 10.7 Å². The SMILES string of the molecule is Cc1ccccc1Nc1nc(N)nc(COC(=O)c2cc(Cl)cc(Cl)c2N)n1. The highest BCUT2D eigenvalue weighted by atomic mass is 35.5. The predicted molar refractivity (Wildman–Crippen MR) is 109 cm³/mol. The van der Waals surface area contributed by atoms with E-state index < -0.39 is 5.97 Å². The van der Waals surface area contributed by atoms with Gasteiger partial charge in [-0.2, -0.15) is 15.0 Å². The van der Waals surface area contributed by atoms with Gasteiger partial charge in [0.2, 0.25) is 11.9 Å². The number of rotatable bonds is 5. The quantitative estimate of drug-likeness (QED) is 0.421. The van der Waals surface area contributed by atoms with E-state index in [2.05, 4.69) is 20.3 Å². The number of benzene rings is 2. The highest BCUT2D eigenvalue weighted by molar-refractivity contribution is 6.37. The van der Waals surface area contributed by atoms with Gasteiger partial charge in [-0.15, -0.1) is 0 Å². The third-order valence-corrected chi connectivity index (χ3v) is 4.27. The number of ether oxygens (including phenoxy) is 1. The number of hydrogen-bond donors (Lipinski definition) is 3. The molecule has 0 aliphatic carbocycles. The van der Waals surface area contributed by atoms with E-state index in [4.69, 9.17) is 39.4 Å². The minimum absolute atomic E-state index is 0.0116. The summed E-state index contributed by atoms with van der Waals surface area (Å²) in [4.78, 5) is 24.5. The van der Waals surface area contributed by atoms with Crippen molar-refractivity contribution < 1.29 is 9.53 Å². The van der Waals surface area contributed by atoms with Crippen LogP contribution in [0, 0.1) is 6.92 Å². The van der Waals surface area contributed by atoms with Gasteiger partial charge in [0.05, 0.1) is 16.3 Å². The van der Waals surface area contributed by atoms with Crippen molar-refractivity contribution in [1.82, 2.24) is 15.0 Å². The molecule has 144 valence electrons. The molecule has 0 saturated heterocycles. The van der Waals surface area contributed by atoms with Crippen molar-refractivity contribution in [3.8, 4) is 0 Å². The topological polar surface area (TPSA) is 129 Å². The van der Waals surface area contributed by atoms with Gasteiger partial charge >= 0.3 is 5.97 Å². The number of nitrogens with zero attached hydrogens (tertiary/aromatic N) is 3. The van der Waals surface area contributed by atoms with Gasteiger partial charge in [-0.3, -0.25) is 0 Å². The Bertz CT molecular complexity index is 1040. The minimum atomic E-state index is -0.714. The van der Waals surface area contributed by atoms with Crippen molar-refractivity contribution in [2.75, 3.05) is 16.8 Å². The zero-order valence-electron chi connectivity index (χ0n) is 14.7. The molecule has 0 atom stereocenters. The van der Waals surface area contributed by atoms with E-state index in [1.54, 1.807) is 0 Å². The number of esters is 1. The molecule has 2 aromatic carbocycles. The minimum Gasteiger partial charge on any atom is -0.454 e. The van der Waals surface area contributed by atoms with Crippen LogP contribution in [0.1, 0.15) is 21.7 Å². The predicted octanol–water partition coefficient (Wildman–Crippen LogP) is 3.75. The highest BCUT2D eigenvalue weighted by Crippen LogP contribution is 2.28. The number of halogens is 2. The first kappa shape index (κ1) is 19.7. The number of carbonyl (C=O) groups excluding carboxylic acids is 1. The number of para-hydroxylation sites is 1. The van der Waals surface area contributed by atoms with Gasteiger partial charge in [-0.1, -0.05) is 41.4 Å². The first-order chi connectivity index (χ1) is 13.3. The van der Waals surface area contributed by atoms with Crippen LogP contribution < -0.4 is 16.8 Å². The molecule has 0 unspecified atom stereocenters. The largest absolute Gasteiger partial charge is 0.454 e. The molecule has 0 saturated carbocycles. The molecule has 3 aromatic rings. The van der Waals surface area contributed by atoms with E-state index in [1.807, 2.05) is 31.2 Å². The summed E-state index contributed by atoms with van der Waals surface area (Å²) in [6.45, 7) is 1.70. The number of carbonyl (C=O) groups is 1. The number of aryl methyl sites for hydroxylation is 1. The molecule has 0 aliphatic heterocycles. The lowest BCUT2D eigenvalue weighted by Crippen LogP contribution is -2.12. The summed E-state index contributed by atoms with van der Waals surface area (Å²) >= 11 is 11.8. The molecule has 0 spiro atoms. The Morgan fingerprint density at radius 2 is 1.89 bits per heavy atom. The maximum Gasteiger partial charge on any atom is 0.340 e. The molecule has 0 amide bonds. The summed E-state index contributed by atoms with van der Waals surface area (Å²) < 4.78 is 5.22. The average Bonchev–Trinajstić information content (AvgIpc) is 2.64. The van der Waals surface area contributed by atoms with Gasteiger partial charge in [0.1, 0.15) is 0 Å². The fraction of sp³-hybridized carbons (Fsp3) is 0.111. The van der Waals surface area contributed by atoms with Crippen LogP contribution in [0.3, 0.4) is 0 Å². The van der Waals surface area contributed by atoms with Crippen molar-refractivity contribution in [2.45, 2.75) is 13.5 Å². The van der Waals surface area contributed by atoms with Gasteiger partial charge < -0.3 is 21.5 Å². The fourth-order valence-corrected chi connectivity index (χ4v) is 2.85. The monoisotopic (exact) mass is 418 g/mol. The third kappa shape index (κ3) is 4.59. The van der Waals surface area contributed by atoms with E-state index in [-0.39, 0.29) is 45.6 Å². The molecular weight excluding hydrogens is 403 g/mol. The number of anilines is 4. The molecule has 1 heterocycles. The summed E-state index contributed by atoms with van der Waals surface area (Å²) in [7, 11) is 0. The van der Waals surface area contributed by atoms with Crippen molar-refractivity contribution in [3.05, 3.63) is 63.4 Å². The second-order valence-electron chi connectivity index (χ2n) is 5.80. The second-order valence-corrected chi connectivity index (χ2v) is 6.64. The number of nitrogens with two attached hydrogens (primary N) is 2. The molecule has 3 rings (SSSR count). The van der Waals surface area contributed by atoms with Crippen molar-refractivity contribution in [2.24, 2.45) is 0 Å². The summed E-state index contributed by atoms with van der Waals surface area (Å²) in [5.74, 6) is -0.321. The molecule has 0 aliphatic rings. The Kier molecular flexibility index (Phi) is 5.81. The van der Waals surface area contributed by atoms with Crippen molar-refractivity contribution in [3.63, 3.8) is 0 Å². The summed E-state index contributed by atoms with van der Waals surface area (Å²) in [5.41, 5.74) is 13.5. The molecule has 0 bridgehead atoms. The van der Waals surface area contributed by atoms with Crippen LogP contribution in [0.5, 0.6) is 0 Å². The maximum absolute atomic E-state index is 12.3. The highest BCUT2D eigenvalue weighted by Gasteiger charge is 2.16.